The van der Waals surface area contributed by atoms with E-state index in [1.807, 2.05) is 31.0 Å². The van der Waals surface area contributed by atoms with Gasteiger partial charge in [-0.3, -0.25) is 9.69 Å². The minimum atomic E-state index is -0.196. The van der Waals surface area contributed by atoms with Crippen molar-refractivity contribution in [2.45, 2.75) is 57.7 Å². The molecule has 2 unspecified atom stereocenters. The van der Waals surface area contributed by atoms with Crippen molar-refractivity contribution in [3.63, 3.8) is 0 Å². The van der Waals surface area contributed by atoms with Crippen LogP contribution in [0.2, 0.25) is 0 Å². The van der Waals surface area contributed by atoms with E-state index in [4.69, 9.17) is 4.42 Å². The van der Waals surface area contributed by atoms with Crippen molar-refractivity contribution in [1.82, 2.24) is 9.80 Å². The third-order valence-corrected chi connectivity index (χ3v) is 5.00. The summed E-state index contributed by atoms with van der Waals surface area (Å²) in [5.74, 6) is 2.22. The third kappa shape index (κ3) is 4.36. The van der Waals surface area contributed by atoms with Gasteiger partial charge in [-0.1, -0.05) is 6.42 Å². The predicted octanol–water partition coefficient (Wildman–Crippen LogP) is 2.17. The highest BCUT2D eigenvalue weighted by molar-refractivity contribution is 5.78. The molecule has 2 saturated carbocycles. The van der Waals surface area contributed by atoms with Crippen molar-refractivity contribution >= 4 is 5.91 Å². The molecule has 0 spiro atoms. The molecule has 3 rings (SSSR count). The molecule has 0 radical (unpaired) electrons. The van der Waals surface area contributed by atoms with Crippen LogP contribution in [0, 0.1) is 12.8 Å². The zero-order chi connectivity index (χ0) is 16.4. The molecule has 2 aliphatic carbocycles. The van der Waals surface area contributed by atoms with Gasteiger partial charge < -0.3 is 14.4 Å². The summed E-state index contributed by atoms with van der Waals surface area (Å²) >= 11 is 0. The van der Waals surface area contributed by atoms with Crippen molar-refractivity contribution in [1.29, 1.82) is 0 Å². The highest BCUT2D eigenvalue weighted by Crippen LogP contribution is 2.29. The predicted molar refractivity (Wildman–Crippen MR) is 87.9 cm³/mol. The van der Waals surface area contributed by atoms with Crippen LogP contribution in [0.25, 0.3) is 0 Å². The van der Waals surface area contributed by atoms with Crippen LogP contribution >= 0.6 is 0 Å². The summed E-state index contributed by atoms with van der Waals surface area (Å²) in [6.45, 7) is 3.70. The molecule has 0 aromatic carbocycles. The number of likely N-dealkylation sites (N-methyl/N-ethyl adjacent to an activating group) is 1. The summed E-state index contributed by atoms with van der Waals surface area (Å²) < 4.78 is 5.63. The number of carbonyl (C=O) groups is 1. The van der Waals surface area contributed by atoms with Crippen LogP contribution in [0.15, 0.2) is 16.5 Å². The second-order valence-corrected chi connectivity index (χ2v) is 7.22. The van der Waals surface area contributed by atoms with Crippen LogP contribution in [0.4, 0.5) is 0 Å². The van der Waals surface area contributed by atoms with Crippen LogP contribution in [0.1, 0.15) is 43.6 Å². The third-order valence-electron chi connectivity index (χ3n) is 5.00. The Morgan fingerprint density at radius 2 is 2.09 bits per heavy atom. The Labute approximate surface area is 138 Å². The maximum Gasteiger partial charge on any atom is 0.237 e. The summed E-state index contributed by atoms with van der Waals surface area (Å²) in [5, 5.41) is 9.94. The highest BCUT2D eigenvalue weighted by Gasteiger charge is 2.34. The minimum Gasteiger partial charge on any atom is -0.464 e. The molecule has 5 nitrogen and oxygen atoms in total. The van der Waals surface area contributed by atoms with Crippen LogP contribution in [-0.4, -0.2) is 53.1 Å². The summed E-state index contributed by atoms with van der Waals surface area (Å²) in [5.41, 5.74) is 0. The molecule has 128 valence electrons. The van der Waals surface area contributed by atoms with E-state index in [1.54, 1.807) is 0 Å². The molecule has 1 heterocycles. The van der Waals surface area contributed by atoms with Gasteiger partial charge >= 0.3 is 0 Å². The zero-order valence-electron chi connectivity index (χ0n) is 14.2. The number of furan rings is 1. The Hall–Kier alpha value is -1.33. The van der Waals surface area contributed by atoms with E-state index in [2.05, 4.69) is 4.90 Å². The molecule has 1 amide bonds. The number of aliphatic hydroxyl groups excluding tert-OH is 1. The molecular weight excluding hydrogens is 292 g/mol. The van der Waals surface area contributed by atoms with Gasteiger partial charge in [0.05, 0.1) is 19.2 Å². The van der Waals surface area contributed by atoms with Gasteiger partial charge in [0, 0.05) is 12.6 Å². The van der Waals surface area contributed by atoms with Crippen molar-refractivity contribution in [3.8, 4) is 0 Å². The SMILES string of the molecule is Cc1ccc(CN(C(=O)CN(C)CC2CCCC2O)C2CC2)o1. The van der Waals surface area contributed by atoms with Crippen molar-refractivity contribution in [2.24, 2.45) is 5.92 Å². The van der Waals surface area contributed by atoms with E-state index < -0.39 is 0 Å². The molecule has 23 heavy (non-hydrogen) atoms. The number of carbonyl (C=O) groups excluding carboxylic acids is 1. The molecule has 2 atom stereocenters. The minimum absolute atomic E-state index is 0.163. The molecular formula is C18H28N2O3. The normalized spacial score (nSPS) is 24.3. The van der Waals surface area contributed by atoms with E-state index in [0.717, 1.165) is 50.2 Å². The van der Waals surface area contributed by atoms with Gasteiger partial charge in [-0.2, -0.15) is 0 Å². The number of hydrogen-bond donors (Lipinski definition) is 1. The van der Waals surface area contributed by atoms with E-state index >= 15 is 0 Å². The average molecular weight is 320 g/mol. The summed E-state index contributed by atoms with van der Waals surface area (Å²) in [6.07, 6.45) is 5.06. The molecule has 0 aliphatic heterocycles. The van der Waals surface area contributed by atoms with Gasteiger partial charge in [-0.05, 0) is 57.7 Å². The number of rotatable bonds is 7. The van der Waals surface area contributed by atoms with Crippen LogP contribution in [0.3, 0.4) is 0 Å². The van der Waals surface area contributed by atoms with Gasteiger partial charge in [0.15, 0.2) is 0 Å². The first-order valence-corrected chi connectivity index (χ1v) is 8.74. The second-order valence-electron chi connectivity index (χ2n) is 7.22. The highest BCUT2D eigenvalue weighted by atomic mass is 16.3. The molecule has 0 bridgehead atoms. The largest absolute Gasteiger partial charge is 0.464 e. The Balaban J connectivity index is 1.53. The fourth-order valence-electron chi connectivity index (χ4n) is 3.56. The van der Waals surface area contributed by atoms with Crippen LogP contribution in [-0.2, 0) is 11.3 Å². The number of aliphatic hydroxyl groups is 1. The van der Waals surface area contributed by atoms with E-state index in [-0.39, 0.29) is 12.0 Å². The molecule has 0 saturated heterocycles. The van der Waals surface area contributed by atoms with Gasteiger partial charge in [0.2, 0.25) is 5.91 Å². The number of aryl methyl sites for hydroxylation is 1. The second kappa shape index (κ2) is 7.05. The lowest BCUT2D eigenvalue weighted by Crippen LogP contribution is -2.41. The molecule has 2 fully saturated rings. The topological polar surface area (TPSA) is 56.9 Å². The van der Waals surface area contributed by atoms with Crippen molar-refractivity contribution < 1.29 is 14.3 Å². The van der Waals surface area contributed by atoms with E-state index in [9.17, 15) is 9.90 Å². The Kier molecular flexibility index (Phi) is 5.07. The standard InChI is InChI=1S/C18H28N2O3/c1-13-6-9-16(23-13)11-20(15-7-8-15)18(22)12-19(2)10-14-4-3-5-17(14)21/h6,9,14-15,17,21H,3-5,7-8,10-12H2,1-2H3. The number of nitrogens with zero attached hydrogens (tertiary/aromatic N) is 2. The molecule has 1 aromatic heterocycles. The maximum atomic E-state index is 12.7. The van der Waals surface area contributed by atoms with E-state index in [1.165, 1.54) is 0 Å². The van der Waals surface area contributed by atoms with Gasteiger partial charge in [-0.15, -0.1) is 0 Å². The fraction of sp³-hybridized carbons (Fsp3) is 0.722. The smallest absolute Gasteiger partial charge is 0.237 e. The monoisotopic (exact) mass is 320 g/mol. The summed E-state index contributed by atoms with van der Waals surface area (Å²) in [4.78, 5) is 16.7. The Bertz CT molecular complexity index is 538. The van der Waals surface area contributed by atoms with E-state index in [0.29, 0.717) is 25.0 Å². The summed E-state index contributed by atoms with van der Waals surface area (Å²) in [7, 11) is 1.98. The average Bonchev–Trinajstić information content (AvgIpc) is 3.14. The Morgan fingerprint density at radius 1 is 1.30 bits per heavy atom. The zero-order valence-corrected chi connectivity index (χ0v) is 14.2. The first-order valence-electron chi connectivity index (χ1n) is 8.74. The fourth-order valence-corrected chi connectivity index (χ4v) is 3.56. The maximum absolute atomic E-state index is 12.7. The van der Waals surface area contributed by atoms with Crippen molar-refractivity contribution in [3.05, 3.63) is 23.7 Å². The van der Waals surface area contributed by atoms with Crippen molar-refractivity contribution in [2.75, 3.05) is 20.1 Å². The van der Waals surface area contributed by atoms with Crippen LogP contribution in [0.5, 0.6) is 0 Å². The number of amides is 1. The summed E-state index contributed by atoms with van der Waals surface area (Å²) in [6, 6.07) is 4.27. The lowest BCUT2D eigenvalue weighted by atomic mass is 10.1. The molecule has 5 heteroatoms. The molecule has 1 aromatic rings. The van der Waals surface area contributed by atoms with Gasteiger partial charge in [0.25, 0.3) is 0 Å². The molecule has 2 aliphatic rings. The van der Waals surface area contributed by atoms with Crippen LogP contribution < -0.4 is 0 Å². The van der Waals surface area contributed by atoms with Gasteiger partial charge in [0.1, 0.15) is 11.5 Å². The first kappa shape index (κ1) is 16.5. The number of hydrogen-bond acceptors (Lipinski definition) is 4. The quantitative estimate of drug-likeness (QED) is 0.836. The lowest BCUT2D eigenvalue weighted by Gasteiger charge is -2.27. The Morgan fingerprint density at radius 3 is 2.65 bits per heavy atom. The van der Waals surface area contributed by atoms with Gasteiger partial charge in [-0.25, -0.2) is 0 Å². The first-order chi connectivity index (χ1) is 11.0. The molecule has 1 N–H and O–H groups in total. The lowest BCUT2D eigenvalue weighted by molar-refractivity contribution is -0.133.